The third-order valence-electron chi connectivity index (χ3n) is 4.15. The molecule has 2 rings (SSSR count). The highest BCUT2D eigenvalue weighted by atomic mass is 35.5. The summed E-state index contributed by atoms with van der Waals surface area (Å²) in [4.78, 5) is 12.9. The highest BCUT2D eigenvalue weighted by molar-refractivity contribution is 5.85. The summed E-state index contributed by atoms with van der Waals surface area (Å²) in [6.45, 7) is 6.64. The molecule has 0 radical (unpaired) electrons. The SMILES string of the molecule is CC(C)(CO)[C@H](c1ccc(F)cc1[N+](=O)[O-])N1CCNCC1.Cl. The summed E-state index contributed by atoms with van der Waals surface area (Å²) >= 11 is 0. The van der Waals surface area contributed by atoms with Crippen LogP contribution < -0.4 is 5.32 Å². The quantitative estimate of drug-likeness (QED) is 0.630. The minimum absolute atomic E-state index is 0. The molecule has 0 aliphatic carbocycles. The maximum atomic E-state index is 13.4. The Labute approximate surface area is 141 Å². The number of nitrogens with zero attached hydrogens (tertiary/aromatic N) is 2. The van der Waals surface area contributed by atoms with Crippen LogP contribution in [0.1, 0.15) is 25.5 Å². The van der Waals surface area contributed by atoms with Gasteiger partial charge in [-0.1, -0.05) is 13.8 Å². The number of piperazine rings is 1. The zero-order valence-corrected chi connectivity index (χ0v) is 14.1. The summed E-state index contributed by atoms with van der Waals surface area (Å²) in [7, 11) is 0. The Balaban J connectivity index is 0.00000264. The number of rotatable bonds is 5. The number of hydrogen-bond donors (Lipinski definition) is 2. The molecule has 0 aromatic heterocycles. The fraction of sp³-hybridized carbons (Fsp3) is 0.600. The van der Waals surface area contributed by atoms with Gasteiger partial charge in [-0.25, -0.2) is 4.39 Å². The summed E-state index contributed by atoms with van der Waals surface area (Å²) in [6, 6.07) is 3.32. The van der Waals surface area contributed by atoms with Crippen molar-refractivity contribution >= 4 is 18.1 Å². The zero-order valence-electron chi connectivity index (χ0n) is 13.3. The molecule has 1 heterocycles. The van der Waals surface area contributed by atoms with Gasteiger partial charge in [0, 0.05) is 49.8 Å². The number of nitrogens with one attached hydrogen (secondary N) is 1. The van der Waals surface area contributed by atoms with Crippen molar-refractivity contribution in [2.45, 2.75) is 19.9 Å². The van der Waals surface area contributed by atoms with Crippen molar-refractivity contribution < 1.29 is 14.4 Å². The average Bonchev–Trinajstić information content (AvgIpc) is 2.49. The first-order valence-corrected chi connectivity index (χ1v) is 7.36. The fourth-order valence-corrected chi connectivity index (χ4v) is 3.04. The molecule has 2 N–H and O–H groups in total. The molecule has 1 aromatic rings. The van der Waals surface area contributed by atoms with Crippen LogP contribution in [0.25, 0.3) is 0 Å². The standard InChI is InChI=1S/C15H22FN3O3.ClH/c1-15(2,10-20)14(18-7-5-17-6-8-18)12-4-3-11(16)9-13(12)19(21)22;/h3-4,9,14,17,20H,5-8,10H2,1-2H3;1H/t14-;/m0./s1. The van der Waals surface area contributed by atoms with Gasteiger partial charge in [-0.3, -0.25) is 15.0 Å². The number of aliphatic hydroxyl groups excluding tert-OH is 1. The molecule has 8 heteroatoms. The lowest BCUT2D eigenvalue weighted by Gasteiger charge is -2.43. The van der Waals surface area contributed by atoms with E-state index in [1.807, 2.05) is 13.8 Å². The van der Waals surface area contributed by atoms with Crippen molar-refractivity contribution in [3.05, 3.63) is 39.7 Å². The molecule has 130 valence electrons. The van der Waals surface area contributed by atoms with Crippen molar-refractivity contribution in [3.63, 3.8) is 0 Å². The number of halogens is 2. The van der Waals surface area contributed by atoms with Crippen molar-refractivity contribution in [1.29, 1.82) is 0 Å². The van der Waals surface area contributed by atoms with Crippen LogP contribution in [0.5, 0.6) is 0 Å². The van der Waals surface area contributed by atoms with Crippen molar-refractivity contribution in [3.8, 4) is 0 Å². The van der Waals surface area contributed by atoms with Gasteiger partial charge in [0.15, 0.2) is 0 Å². The van der Waals surface area contributed by atoms with E-state index in [0.29, 0.717) is 5.56 Å². The normalized spacial score (nSPS) is 17.4. The highest BCUT2D eigenvalue weighted by Crippen LogP contribution is 2.42. The number of hydrogen-bond acceptors (Lipinski definition) is 5. The highest BCUT2D eigenvalue weighted by Gasteiger charge is 2.39. The second-order valence-electron chi connectivity index (χ2n) is 6.30. The van der Waals surface area contributed by atoms with Gasteiger partial charge in [-0.15, -0.1) is 12.4 Å². The summed E-state index contributed by atoms with van der Waals surface area (Å²) in [5.74, 6) is -0.628. The van der Waals surface area contributed by atoms with Gasteiger partial charge in [-0.2, -0.15) is 0 Å². The van der Waals surface area contributed by atoms with Gasteiger partial charge in [0.2, 0.25) is 0 Å². The topological polar surface area (TPSA) is 78.6 Å². The van der Waals surface area contributed by atoms with E-state index in [2.05, 4.69) is 10.2 Å². The number of benzene rings is 1. The van der Waals surface area contributed by atoms with Gasteiger partial charge >= 0.3 is 0 Å². The Morgan fingerprint density at radius 1 is 1.43 bits per heavy atom. The molecule has 0 amide bonds. The molecule has 0 spiro atoms. The van der Waals surface area contributed by atoms with Crippen molar-refractivity contribution in [2.75, 3.05) is 32.8 Å². The van der Waals surface area contributed by atoms with Crippen molar-refractivity contribution in [2.24, 2.45) is 5.41 Å². The first kappa shape index (κ1) is 19.8. The van der Waals surface area contributed by atoms with E-state index in [4.69, 9.17) is 0 Å². The first-order chi connectivity index (χ1) is 10.4. The van der Waals surface area contributed by atoms with Crippen LogP contribution in [0, 0.1) is 21.3 Å². The summed E-state index contributed by atoms with van der Waals surface area (Å²) in [6.07, 6.45) is 0. The monoisotopic (exact) mass is 347 g/mol. The smallest absolute Gasteiger partial charge is 0.277 e. The minimum atomic E-state index is -0.628. The van der Waals surface area contributed by atoms with Crippen LogP contribution in [0.3, 0.4) is 0 Å². The second-order valence-corrected chi connectivity index (χ2v) is 6.30. The molecule has 0 saturated carbocycles. The molecular weight excluding hydrogens is 325 g/mol. The van der Waals surface area contributed by atoms with Gasteiger partial charge in [0.25, 0.3) is 5.69 Å². The maximum Gasteiger partial charge on any atom is 0.277 e. The van der Waals surface area contributed by atoms with Crippen LogP contribution in [0.2, 0.25) is 0 Å². The van der Waals surface area contributed by atoms with Crippen LogP contribution in [0.4, 0.5) is 10.1 Å². The molecule has 1 aromatic carbocycles. The van der Waals surface area contributed by atoms with Gasteiger partial charge < -0.3 is 10.4 Å². The van der Waals surface area contributed by atoms with Crippen LogP contribution in [-0.4, -0.2) is 47.7 Å². The Morgan fingerprint density at radius 2 is 2.04 bits per heavy atom. The Morgan fingerprint density at radius 3 is 2.57 bits per heavy atom. The summed E-state index contributed by atoms with van der Waals surface area (Å²) < 4.78 is 13.4. The molecule has 23 heavy (non-hydrogen) atoms. The average molecular weight is 348 g/mol. The number of nitro groups is 1. The molecule has 1 aliphatic rings. The fourth-order valence-electron chi connectivity index (χ4n) is 3.04. The van der Waals surface area contributed by atoms with E-state index in [-0.39, 0.29) is 30.7 Å². The zero-order chi connectivity index (χ0) is 16.3. The predicted molar refractivity (Wildman–Crippen MR) is 88.4 cm³/mol. The van der Waals surface area contributed by atoms with Gasteiger partial charge in [0.05, 0.1) is 11.0 Å². The van der Waals surface area contributed by atoms with Crippen LogP contribution in [-0.2, 0) is 0 Å². The minimum Gasteiger partial charge on any atom is -0.396 e. The van der Waals surface area contributed by atoms with Crippen LogP contribution in [0.15, 0.2) is 18.2 Å². The molecular formula is C15H23ClFN3O3. The lowest BCUT2D eigenvalue weighted by atomic mass is 9.79. The second kappa shape index (κ2) is 8.01. The number of aliphatic hydroxyl groups is 1. The third-order valence-corrected chi connectivity index (χ3v) is 4.15. The number of nitro benzene ring substituents is 1. The van der Waals surface area contributed by atoms with E-state index in [9.17, 15) is 19.6 Å². The Kier molecular flexibility index (Phi) is 6.88. The molecule has 0 bridgehead atoms. The van der Waals surface area contributed by atoms with Crippen LogP contribution >= 0.6 is 12.4 Å². The molecule has 1 fully saturated rings. The lowest BCUT2D eigenvalue weighted by molar-refractivity contribution is -0.386. The van der Waals surface area contributed by atoms with E-state index in [1.54, 1.807) is 0 Å². The van der Waals surface area contributed by atoms with E-state index >= 15 is 0 Å². The first-order valence-electron chi connectivity index (χ1n) is 7.36. The molecule has 1 saturated heterocycles. The largest absolute Gasteiger partial charge is 0.396 e. The van der Waals surface area contributed by atoms with E-state index in [0.717, 1.165) is 32.2 Å². The predicted octanol–water partition coefficient (Wildman–Crippen LogP) is 2.12. The molecule has 6 nitrogen and oxygen atoms in total. The third kappa shape index (κ3) is 4.38. The Bertz CT molecular complexity index is 551. The van der Waals surface area contributed by atoms with Gasteiger partial charge in [-0.05, 0) is 12.1 Å². The lowest BCUT2D eigenvalue weighted by Crippen LogP contribution is -2.49. The Hall–Kier alpha value is -1.28. The maximum absolute atomic E-state index is 13.4. The summed E-state index contributed by atoms with van der Waals surface area (Å²) in [5.41, 5.74) is -0.364. The molecule has 1 atom stereocenters. The van der Waals surface area contributed by atoms with Crippen molar-refractivity contribution in [1.82, 2.24) is 10.2 Å². The molecule has 1 aliphatic heterocycles. The van der Waals surface area contributed by atoms with Gasteiger partial charge in [0.1, 0.15) is 5.82 Å². The summed E-state index contributed by atoms with van der Waals surface area (Å²) in [5, 5.41) is 24.3. The molecule has 0 unspecified atom stereocenters. The van der Waals surface area contributed by atoms with E-state index in [1.165, 1.54) is 12.1 Å². The van der Waals surface area contributed by atoms with E-state index < -0.39 is 16.2 Å².